The third-order valence-corrected chi connectivity index (χ3v) is 6.15. The Hall–Kier alpha value is -3.05. The van der Waals surface area contributed by atoms with Crippen molar-refractivity contribution in [3.05, 3.63) is 82.6 Å². The van der Waals surface area contributed by atoms with Gasteiger partial charge in [0, 0.05) is 40.9 Å². The zero-order valence-electron chi connectivity index (χ0n) is 15.2. The van der Waals surface area contributed by atoms with Gasteiger partial charge in [0.05, 0.1) is 0 Å². The number of amides is 2. The molecule has 3 rings (SSSR count). The zero-order chi connectivity index (χ0) is 21.7. The lowest BCUT2D eigenvalue weighted by Crippen LogP contribution is -2.28. The molecular formula is C19H15BrF2N4O3S. The highest BCUT2D eigenvalue weighted by Gasteiger charge is 2.23. The quantitative estimate of drug-likeness (QED) is 0.474. The minimum Gasteiger partial charge on any atom is -0.334 e. The van der Waals surface area contributed by atoms with E-state index in [9.17, 15) is 22.0 Å². The molecule has 11 heteroatoms. The standard InChI is InChI=1S/C19H15BrF2N4O3S/c20-16-8-13(21)9-17(22)18(16)30(28,29)26-15-5-3-14(4-6-15)25-19(27)24-11-12-2-1-7-23-10-12/h1-10,26H,11H2,(H2,24,25,27). The summed E-state index contributed by atoms with van der Waals surface area (Å²) in [5.41, 5.74) is 1.37. The first-order valence-electron chi connectivity index (χ1n) is 8.46. The smallest absolute Gasteiger partial charge is 0.319 e. The van der Waals surface area contributed by atoms with Gasteiger partial charge in [-0.05, 0) is 57.9 Å². The Morgan fingerprint density at radius 3 is 2.40 bits per heavy atom. The lowest BCUT2D eigenvalue weighted by molar-refractivity contribution is 0.251. The molecule has 7 nitrogen and oxygen atoms in total. The van der Waals surface area contributed by atoms with Gasteiger partial charge in [-0.25, -0.2) is 22.0 Å². The van der Waals surface area contributed by atoms with Crippen LogP contribution in [0.2, 0.25) is 0 Å². The summed E-state index contributed by atoms with van der Waals surface area (Å²) in [7, 11) is -4.31. The van der Waals surface area contributed by atoms with Crippen LogP contribution in [-0.4, -0.2) is 19.4 Å². The Morgan fingerprint density at radius 1 is 1.07 bits per heavy atom. The van der Waals surface area contributed by atoms with E-state index in [2.05, 4.69) is 36.3 Å². The van der Waals surface area contributed by atoms with E-state index in [0.29, 0.717) is 11.8 Å². The van der Waals surface area contributed by atoms with Crippen molar-refractivity contribution < 1.29 is 22.0 Å². The van der Waals surface area contributed by atoms with E-state index >= 15 is 0 Å². The predicted octanol–water partition coefficient (Wildman–Crippen LogP) is 4.24. The van der Waals surface area contributed by atoms with Gasteiger partial charge in [0.25, 0.3) is 10.0 Å². The number of benzene rings is 2. The number of carbonyl (C=O) groups is 1. The Kier molecular flexibility index (Phi) is 6.63. The molecule has 30 heavy (non-hydrogen) atoms. The second-order valence-electron chi connectivity index (χ2n) is 6.05. The highest BCUT2D eigenvalue weighted by Crippen LogP contribution is 2.28. The second-order valence-corrected chi connectivity index (χ2v) is 8.52. The van der Waals surface area contributed by atoms with Crippen LogP contribution in [0.3, 0.4) is 0 Å². The van der Waals surface area contributed by atoms with Crippen molar-refractivity contribution in [2.75, 3.05) is 10.0 Å². The highest BCUT2D eigenvalue weighted by molar-refractivity contribution is 9.10. The fraction of sp³-hybridized carbons (Fsp3) is 0.0526. The van der Waals surface area contributed by atoms with E-state index in [-0.39, 0.29) is 16.7 Å². The maximum Gasteiger partial charge on any atom is 0.319 e. The summed E-state index contributed by atoms with van der Waals surface area (Å²) in [5.74, 6) is -2.13. The van der Waals surface area contributed by atoms with E-state index in [1.807, 2.05) is 6.07 Å². The Labute approximate surface area is 179 Å². The Balaban J connectivity index is 1.63. The van der Waals surface area contributed by atoms with Crippen molar-refractivity contribution in [2.24, 2.45) is 0 Å². The average Bonchev–Trinajstić information content (AvgIpc) is 2.67. The van der Waals surface area contributed by atoms with Crippen molar-refractivity contribution in [3.8, 4) is 0 Å². The van der Waals surface area contributed by atoms with Gasteiger partial charge in [-0.15, -0.1) is 0 Å². The fourth-order valence-corrected chi connectivity index (χ4v) is 4.70. The molecule has 0 saturated carbocycles. The topological polar surface area (TPSA) is 100 Å². The molecular weight excluding hydrogens is 482 g/mol. The van der Waals surface area contributed by atoms with Gasteiger partial charge in [0.2, 0.25) is 0 Å². The van der Waals surface area contributed by atoms with Crippen LogP contribution in [0.4, 0.5) is 25.0 Å². The van der Waals surface area contributed by atoms with Crippen LogP contribution in [0.15, 0.2) is 70.3 Å². The fourth-order valence-electron chi connectivity index (χ4n) is 2.47. The van der Waals surface area contributed by atoms with Crippen LogP contribution < -0.4 is 15.4 Å². The summed E-state index contributed by atoms with van der Waals surface area (Å²) in [5, 5.41) is 5.26. The van der Waals surface area contributed by atoms with E-state index in [1.165, 1.54) is 24.3 Å². The maximum absolute atomic E-state index is 14.0. The number of carbonyl (C=O) groups excluding carboxylic acids is 1. The van der Waals surface area contributed by atoms with E-state index in [4.69, 9.17) is 0 Å². The summed E-state index contributed by atoms with van der Waals surface area (Å²) >= 11 is 2.86. The third kappa shape index (κ3) is 5.51. The van der Waals surface area contributed by atoms with E-state index < -0.39 is 32.6 Å². The van der Waals surface area contributed by atoms with Gasteiger partial charge in [0.1, 0.15) is 16.5 Å². The number of hydrogen-bond acceptors (Lipinski definition) is 4. The van der Waals surface area contributed by atoms with Crippen LogP contribution in [0.5, 0.6) is 0 Å². The molecule has 2 aromatic carbocycles. The Morgan fingerprint density at radius 2 is 1.77 bits per heavy atom. The summed E-state index contributed by atoms with van der Waals surface area (Å²) < 4.78 is 54.0. The largest absolute Gasteiger partial charge is 0.334 e. The van der Waals surface area contributed by atoms with Gasteiger partial charge in [-0.2, -0.15) is 0 Å². The number of nitrogens with one attached hydrogen (secondary N) is 3. The van der Waals surface area contributed by atoms with E-state index in [0.717, 1.165) is 11.6 Å². The normalized spacial score (nSPS) is 11.0. The summed E-state index contributed by atoms with van der Waals surface area (Å²) in [6.07, 6.45) is 3.26. The number of rotatable bonds is 6. The first kappa shape index (κ1) is 21.7. The monoisotopic (exact) mass is 496 g/mol. The average molecular weight is 497 g/mol. The number of pyridine rings is 1. The molecule has 0 aliphatic heterocycles. The minimum absolute atomic E-state index is 0.131. The third-order valence-electron chi connectivity index (χ3n) is 3.80. The minimum atomic E-state index is -4.31. The summed E-state index contributed by atoms with van der Waals surface area (Å²) in [4.78, 5) is 15.2. The molecule has 2 amide bonds. The van der Waals surface area contributed by atoms with Gasteiger partial charge in [-0.3, -0.25) is 9.71 Å². The number of halogens is 3. The SMILES string of the molecule is O=C(NCc1cccnc1)Nc1ccc(NS(=O)(=O)c2c(F)cc(F)cc2Br)cc1. The van der Waals surface area contributed by atoms with Gasteiger partial charge < -0.3 is 10.6 Å². The second kappa shape index (κ2) is 9.18. The number of anilines is 2. The van der Waals surface area contributed by atoms with Crippen molar-refractivity contribution >= 4 is 43.4 Å². The number of urea groups is 1. The van der Waals surface area contributed by atoms with Crippen LogP contribution in [0.1, 0.15) is 5.56 Å². The number of sulfonamides is 1. The summed E-state index contributed by atoms with van der Waals surface area (Å²) in [6.45, 7) is 0.287. The molecule has 0 atom stereocenters. The van der Waals surface area contributed by atoms with Gasteiger partial charge in [-0.1, -0.05) is 6.07 Å². The van der Waals surface area contributed by atoms with E-state index in [1.54, 1.807) is 18.5 Å². The van der Waals surface area contributed by atoms with Gasteiger partial charge >= 0.3 is 6.03 Å². The molecule has 0 saturated heterocycles. The highest BCUT2D eigenvalue weighted by atomic mass is 79.9. The maximum atomic E-state index is 14.0. The molecule has 156 valence electrons. The number of nitrogens with zero attached hydrogens (tertiary/aromatic N) is 1. The van der Waals surface area contributed by atoms with Gasteiger partial charge in [0.15, 0.2) is 0 Å². The van der Waals surface area contributed by atoms with Crippen molar-refractivity contribution in [3.63, 3.8) is 0 Å². The summed E-state index contributed by atoms with van der Waals surface area (Å²) in [6, 6.07) is 10.2. The molecule has 1 heterocycles. The number of hydrogen-bond donors (Lipinski definition) is 3. The van der Waals surface area contributed by atoms with Crippen LogP contribution in [-0.2, 0) is 16.6 Å². The first-order chi connectivity index (χ1) is 14.2. The first-order valence-corrected chi connectivity index (χ1v) is 10.7. The molecule has 3 N–H and O–H groups in total. The lowest BCUT2D eigenvalue weighted by atomic mass is 10.3. The predicted molar refractivity (Wildman–Crippen MR) is 111 cm³/mol. The van der Waals surface area contributed by atoms with Crippen molar-refractivity contribution in [1.82, 2.24) is 10.3 Å². The molecule has 0 fully saturated rings. The molecule has 3 aromatic rings. The van der Waals surface area contributed by atoms with Crippen molar-refractivity contribution in [2.45, 2.75) is 11.4 Å². The molecule has 0 radical (unpaired) electrons. The molecule has 0 spiro atoms. The molecule has 0 aliphatic carbocycles. The molecule has 0 bridgehead atoms. The van der Waals surface area contributed by atoms with Crippen LogP contribution in [0.25, 0.3) is 0 Å². The van der Waals surface area contributed by atoms with Crippen LogP contribution >= 0.6 is 15.9 Å². The number of aromatic nitrogens is 1. The molecule has 0 aliphatic rings. The van der Waals surface area contributed by atoms with Crippen LogP contribution in [0, 0.1) is 11.6 Å². The lowest BCUT2D eigenvalue weighted by Gasteiger charge is -2.12. The Bertz CT molecular complexity index is 1140. The molecule has 0 unspecified atom stereocenters. The van der Waals surface area contributed by atoms with Crippen molar-refractivity contribution in [1.29, 1.82) is 0 Å². The zero-order valence-corrected chi connectivity index (χ0v) is 17.6. The molecule has 1 aromatic heterocycles.